The van der Waals surface area contributed by atoms with Gasteiger partial charge in [0, 0.05) is 29.4 Å². The smallest absolute Gasteiger partial charge is 0.230 e. The van der Waals surface area contributed by atoms with Crippen LogP contribution in [0, 0.1) is 0 Å². The molecule has 0 aliphatic rings. The van der Waals surface area contributed by atoms with Gasteiger partial charge in [-0.25, -0.2) is 0 Å². The zero-order valence-corrected chi connectivity index (χ0v) is 11.2. The van der Waals surface area contributed by atoms with E-state index in [1.807, 2.05) is 12.1 Å². The summed E-state index contributed by atoms with van der Waals surface area (Å²) < 4.78 is 4.73. The van der Waals surface area contributed by atoms with Crippen LogP contribution in [0.1, 0.15) is 12.0 Å². The average molecular weight is 277 g/mol. The lowest BCUT2D eigenvalue weighted by atomic mass is 10.2. The van der Waals surface area contributed by atoms with Gasteiger partial charge in [0.05, 0.1) is 11.9 Å². The molecule has 0 aromatic carbocycles. The Balaban J connectivity index is 1.57. The Morgan fingerprint density at radius 1 is 1.37 bits per heavy atom. The Bertz CT molecular complexity index is 488. The quantitative estimate of drug-likeness (QED) is 0.618. The summed E-state index contributed by atoms with van der Waals surface area (Å²) in [6.07, 6.45) is 8.51. The number of pyridine rings is 1. The van der Waals surface area contributed by atoms with Crippen molar-refractivity contribution < 1.29 is 9.32 Å². The molecule has 6 heteroatoms. The first-order chi connectivity index (χ1) is 9.34. The lowest BCUT2D eigenvalue weighted by molar-refractivity contribution is -0.118. The summed E-state index contributed by atoms with van der Waals surface area (Å²) in [6.45, 7) is 0.668. The number of carbonyl (C=O) groups excluding carboxylic acids is 1. The number of carbonyl (C=O) groups is 1. The molecule has 0 fully saturated rings. The summed E-state index contributed by atoms with van der Waals surface area (Å²) in [7, 11) is 0. The topological polar surface area (TPSA) is 68.0 Å². The van der Waals surface area contributed by atoms with Crippen LogP contribution in [0.15, 0.2) is 46.4 Å². The van der Waals surface area contributed by atoms with E-state index in [0.717, 1.165) is 23.3 Å². The molecule has 0 saturated heterocycles. The molecule has 0 atom stereocenters. The summed E-state index contributed by atoms with van der Waals surface area (Å²) in [5.74, 6) is 0.476. The van der Waals surface area contributed by atoms with E-state index >= 15 is 0 Å². The normalized spacial score (nSPS) is 10.3. The summed E-state index contributed by atoms with van der Waals surface area (Å²) in [6, 6.07) is 3.79. The van der Waals surface area contributed by atoms with Crippen LogP contribution in [0.25, 0.3) is 0 Å². The van der Waals surface area contributed by atoms with Crippen LogP contribution in [-0.2, 0) is 11.2 Å². The molecule has 2 heterocycles. The van der Waals surface area contributed by atoms with Crippen molar-refractivity contribution in [1.29, 1.82) is 0 Å². The van der Waals surface area contributed by atoms with E-state index in [1.165, 1.54) is 11.8 Å². The summed E-state index contributed by atoms with van der Waals surface area (Å²) >= 11 is 1.51. The number of aryl methyl sites for hydroxylation is 1. The maximum absolute atomic E-state index is 11.6. The monoisotopic (exact) mass is 277 g/mol. The average Bonchev–Trinajstić information content (AvgIpc) is 2.96. The number of amides is 1. The number of hydrogen-bond donors (Lipinski definition) is 1. The first kappa shape index (κ1) is 13.6. The first-order valence-corrected chi connectivity index (χ1v) is 7.01. The molecular weight excluding hydrogens is 262 g/mol. The molecule has 0 unspecified atom stereocenters. The number of thioether (sulfide) groups is 1. The third-order valence-electron chi connectivity index (χ3n) is 2.47. The van der Waals surface area contributed by atoms with Crippen LogP contribution in [0.4, 0.5) is 0 Å². The second kappa shape index (κ2) is 7.58. The van der Waals surface area contributed by atoms with Crippen LogP contribution in [0.2, 0.25) is 0 Å². The summed E-state index contributed by atoms with van der Waals surface area (Å²) in [5.41, 5.74) is 1.06. The second-order valence-electron chi connectivity index (χ2n) is 3.96. The van der Waals surface area contributed by atoms with E-state index < -0.39 is 0 Å². The van der Waals surface area contributed by atoms with E-state index in [-0.39, 0.29) is 5.91 Å². The fraction of sp³-hybridized carbons (Fsp3) is 0.308. The van der Waals surface area contributed by atoms with E-state index in [9.17, 15) is 4.79 Å². The highest BCUT2D eigenvalue weighted by Gasteiger charge is 2.02. The highest BCUT2D eigenvalue weighted by Crippen LogP contribution is 2.15. The minimum atomic E-state index is 0.0483. The molecule has 0 aliphatic carbocycles. The standard InChI is InChI=1S/C13H15N3O2S/c17-13(10-19-12-3-6-14-7-4-12)15-5-1-2-11-8-16-18-9-11/h3-4,6-9H,1-2,5,10H2,(H,15,17). The highest BCUT2D eigenvalue weighted by molar-refractivity contribution is 8.00. The predicted molar refractivity (Wildman–Crippen MR) is 72.8 cm³/mol. The van der Waals surface area contributed by atoms with Gasteiger partial charge in [-0.2, -0.15) is 0 Å². The number of hydrogen-bond acceptors (Lipinski definition) is 5. The molecule has 100 valence electrons. The van der Waals surface area contributed by atoms with E-state index in [0.29, 0.717) is 12.3 Å². The molecule has 2 aromatic rings. The van der Waals surface area contributed by atoms with Crippen molar-refractivity contribution in [3.8, 4) is 0 Å². The third-order valence-corrected chi connectivity index (χ3v) is 3.48. The number of nitrogens with zero attached hydrogens (tertiary/aromatic N) is 2. The van der Waals surface area contributed by atoms with Crippen molar-refractivity contribution in [1.82, 2.24) is 15.5 Å². The van der Waals surface area contributed by atoms with Crippen molar-refractivity contribution in [3.63, 3.8) is 0 Å². The zero-order valence-electron chi connectivity index (χ0n) is 10.4. The molecule has 0 saturated carbocycles. The zero-order chi connectivity index (χ0) is 13.3. The van der Waals surface area contributed by atoms with Crippen LogP contribution in [-0.4, -0.2) is 28.3 Å². The highest BCUT2D eigenvalue weighted by atomic mass is 32.2. The summed E-state index contributed by atoms with van der Waals surface area (Å²) in [4.78, 5) is 16.6. The van der Waals surface area contributed by atoms with Crippen LogP contribution < -0.4 is 5.32 Å². The van der Waals surface area contributed by atoms with Crippen LogP contribution >= 0.6 is 11.8 Å². The van der Waals surface area contributed by atoms with E-state index in [1.54, 1.807) is 24.9 Å². The van der Waals surface area contributed by atoms with Gasteiger partial charge in [-0.05, 0) is 25.0 Å². The molecule has 2 rings (SSSR count). The molecule has 1 amide bonds. The van der Waals surface area contributed by atoms with Crippen molar-refractivity contribution >= 4 is 17.7 Å². The number of nitrogens with one attached hydrogen (secondary N) is 1. The largest absolute Gasteiger partial charge is 0.364 e. The lowest BCUT2D eigenvalue weighted by Gasteiger charge is -2.04. The Hall–Kier alpha value is -1.82. The van der Waals surface area contributed by atoms with Gasteiger partial charge in [0.2, 0.25) is 5.91 Å². The van der Waals surface area contributed by atoms with Gasteiger partial charge in [0.1, 0.15) is 6.26 Å². The molecule has 0 spiro atoms. The molecule has 0 aliphatic heterocycles. The maximum Gasteiger partial charge on any atom is 0.230 e. The fourth-order valence-corrected chi connectivity index (χ4v) is 2.22. The first-order valence-electron chi connectivity index (χ1n) is 6.02. The Morgan fingerprint density at radius 3 is 2.95 bits per heavy atom. The van der Waals surface area contributed by atoms with Crippen molar-refractivity contribution in [2.45, 2.75) is 17.7 Å². The minimum absolute atomic E-state index is 0.0483. The maximum atomic E-state index is 11.6. The van der Waals surface area contributed by atoms with Gasteiger partial charge in [0.15, 0.2) is 0 Å². The van der Waals surface area contributed by atoms with Crippen LogP contribution in [0.3, 0.4) is 0 Å². The fourth-order valence-electron chi connectivity index (χ4n) is 1.50. The van der Waals surface area contributed by atoms with Gasteiger partial charge in [-0.1, -0.05) is 5.16 Å². The summed E-state index contributed by atoms with van der Waals surface area (Å²) in [5, 5.41) is 6.52. The Morgan fingerprint density at radius 2 is 2.21 bits per heavy atom. The van der Waals surface area contributed by atoms with Gasteiger partial charge >= 0.3 is 0 Å². The van der Waals surface area contributed by atoms with Gasteiger partial charge in [-0.3, -0.25) is 9.78 Å². The predicted octanol–water partition coefficient (Wildman–Crippen LogP) is 1.91. The molecule has 5 nitrogen and oxygen atoms in total. The van der Waals surface area contributed by atoms with Gasteiger partial charge < -0.3 is 9.84 Å². The van der Waals surface area contributed by atoms with E-state index in [4.69, 9.17) is 4.52 Å². The molecular formula is C13H15N3O2S. The van der Waals surface area contributed by atoms with Crippen molar-refractivity contribution in [2.24, 2.45) is 0 Å². The third kappa shape index (κ3) is 5.13. The van der Waals surface area contributed by atoms with E-state index in [2.05, 4.69) is 15.5 Å². The number of rotatable bonds is 7. The Kier molecular flexibility index (Phi) is 5.43. The van der Waals surface area contributed by atoms with Crippen molar-refractivity contribution in [2.75, 3.05) is 12.3 Å². The molecule has 0 bridgehead atoms. The lowest BCUT2D eigenvalue weighted by Crippen LogP contribution is -2.26. The minimum Gasteiger partial charge on any atom is -0.364 e. The van der Waals surface area contributed by atoms with Crippen molar-refractivity contribution in [3.05, 3.63) is 42.5 Å². The number of aromatic nitrogens is 2. The molecule has 2 aromatic heterocycles. The SMILES string of the molecule is O=C(CSc1ccncc1)NCCCc1cnoc1. The molecule has 19 heavy (non-hydrogen) atoms. The van der Waals surface area contributed by atoms with Gasteiger partial charge in [0.25, 0.3) is 0 Å². The Labute approximate surface area is 115 Å². The molecule has 1 N–H and O–H groups in total. The van der Waals surface area contributed by atoms with Crippen LogP contribution in [0.5, 0.6) is 0 Å². The molecule has 0 radical (unpaired) electrons. The second-order valence-corrected chi connectivity index (χ2v) is 5.01. The van der Waals surface area contributed by atoms with Gasteiger partial charge in [-0.15, -0.1) is 11.8 Å².